The monoisotopic (exact) mass is 830 g/mol. The van der Waals surface area contributed by atoms with Crippen LogP contribution in [0.2, 0.25) is 0 Å². The van der Waals surface area contributed by atoms with Crippen LogP contribution >= 0.6 is 0 Å². The van der Waals surface area contributed by atoms with Crippen LogP contribution in [0.15, 0.2) is 101 Å². The Hall–Kier alpha value is -6.60. The van der Waals surface area contributed by atoms with Gasteiger partial charge in [-0.05, 0) is 0 Å². The van der Waals surface area contributed by atoms with Gasteiger partial charge in [0.2, 0.25) is 0 Å². The van der Waals surface area contributed by atoms with Gasteiger partial charge in [0.15, 0.2) is 0 Å². The second-order valence-corrected chi connectivity index (χ2v) is 8.78. The summed E-state index contributed by atoms with van der Waals surface area (Å²) in [4.78, 5) is 74.0. The second-order valence-electron chi connectivity index (χ2n) is 8.78. The van der Waals surface area contributed by atoms with Crippen molar-refractivity contribution >= 4 is 47.8 Å². The molecule has 14 N–H and O–H groups in total. The van der Waals surface area contributed by atoms with Crippen LogP contribution < -0.4 is 0 Å². The minimum atomic E-state index is -1.16. The first-order chi connectivity index (χ1) is 26.2. The molecule has 57 heavy (non-hydrogen) atoms. The first kappa shape index (κ1) is 71.8. The Bertz CT molecular complexity index is 959. The number of ether oxygens (including phenoxy) is 1. The van der Waals surface area contributed by atoms with Crippen LogP contribution in [-0.2, 0) is 43.1 Å². The van der Waals surface area contributed by atoms with Gasteiger partial charge in [-0.2, -0.15) is 0 Å². The van der Waals surface area contributed by atoms with E-state index < -0.39 is 98.2 Å². The third-order valence-electron chi connectivity index (χ3n) is 4.23. The van der Waals surface area contributed by atoms with Crippen molar-refractivity contribution < 1.29 is 115 Å². The average Bonchev–Trinajstić information content (AvgIpc) is 3.20. The molecule has 0 atom stereocenters. The molecule has 0 bridgehead atoms. The van der Waals surface area contributed by atoms with E-state index in [2.05, 4.69) is 52.6 Å². The van der Waals surface area contributed by atoms with Gasteiger partial charge in [0.05, 0.1) is 63.7 Å². The number of aliphatic hydroxyl groups is 6. The molecule has 0 aromatic carbocycles. The number of rotatable bonds is 18. The van der Waals surface area contributed by atoms with Crippen molar-refractivity contribution in [3.63, 3.8) is 0 Å². The van der Waals surface area contributed by atoms with Crippen molar-refractivity contribution in [2.75, 3.05) is 52.9 Å². The number of carboxylic acid groups (broad SMARTS) is 8. The fourth-order valence-corrected chi connectivity index (χ4v) is 1.06. The molecular weight excluding hydrogens is 776 g/mol. The Kier molecular flexibility index (Phi) is 67.7. The Morgan fingerprint density at radius 2 is 0.404 bits per heavy atom. The summed E-state index contributed by atoms with van der Waals surface area (Å²) in [5.41, 5.74) is -2.32. The molecule has 0 unspecified atom stereocenters. The minimum Gasteiger partial charge on any atom is -0.478 e. The van der Waals surface area contributed by atoms with E-state index in [0.29, 0.717) is 0 Å². The predicted molar refractivity (Wildman–Crippen MR) is 201 cm³/mol. The number of carbonyl (C=O) groups is 8. The molecule has 0 aromatic rings. The van der Waals surface area contributed by atoms with Crippen LogP contribution in [0, 0.1) is 10.8 Å². The SMILES string of the molecule is C=CC(=O)O.C=CC(=O)O.C=CC(=O)O.C=CC(=O)O.C=CC(=O)O.C=CC(=O)O.C=CC(=O)O.C=CC(=O)O.OCC(CO)(CO)COCC(CO)(CO)CO. The highest BCUT2D eigenvalue weighted by atomic mass is 16.5. The molecule has 0 fully saturated rings. The summed E-state index contributed by atoms with van der Waals surface area (Å²) in [7, 11) is 0. The van der Waals surface area contributed by atoms with Crippen LogP contribution in [0.25, 0.3) is 0 Å². The lowest BCUT2D eigenvalue weighted by Crippen LogP contribution is -2.43. The zero-order chi connectivity index (χ0) is 47.6. The minimum absolute atomic E-state index is 0.141. The molecule has 0 spiro atoms. The Morgan fingerprint density at radius 3 is 0.456 bits per heavy atom. The van der Waals surface area contributed by atoms with Gasteiger partial charge in [-0.1, -0.05) is 52.6 Å². The van der Waals surface area contributed by atoms with Gasteiger partial charge in [-0.25, -0.2) is 38.4 Å². The smallest absolute Gasteiger partial charge is 0.327 e. The van der Waals surface area contributed by atoms with Gasteiger partial charge >= 0.3 is 47.8 Å². The maximum absolute atomic E-state index is 9.25. The molecule has 328 valence electrons. The predicted octanol–water partition coefficient (Wildman–Crippen LogP) is -1.01. The quantitative estimate of drug-likeness (QED) is 0.0735. The molecule has 0 amide bonds. The zero-order valence-corrected chi connectivity index (χ0v) is 30.9. The highest BCUT2D eigenvalue weighted by Crippen LogP contribution is 2.19. The lowest BCUT2D eigenvalue weighted by Gasteiger charge is -2.31. The van der Waals surface area contributed by atoms with E-state index in [-0.39, 0.29) is 13.2 Å². The van der Waals surface area contributed by atoms with Crippen molar-refractivity contribution in [2.45, 2.75) is 0 Å². The first-order valence-corrected chi connectivity index (χ1v) is 14.3. The molecule has 0 rings (SSSR count). The van der Waals surface area contributed by atoms with Gasteiger partial charge in [-0.15, -0.1) is 0 Å². The molecular formula is C34H54O23. The van der Waals surface area contributed by atoms with Crippen molar-refractivity contribution in [3.05, 3.63) is 101 Å². The maximum Gasteiger partial charge on any atom is 0.327 e. The first-order valence-electron chi connectivity index (χ1n) is 14.3. The molecule has 0 aliphatic carbocycles. The molecule has 0 aromatic heterocycles. The van der Waals surface area contributed by atoms with E-state index in [0.717, 1.165) is 48.6 Å². The van der Waals surface area contributed by atoms with Crippen molar-refractivity contribution in [2.24, 2.45) is 10.8 Å². The van der Waals surface area contributed by atoms with E-state index in [1.165, 1.54) is 0 Å². The van der Waals surface area contributed by atoms with Crippen molar-refractivity contribution in [1.29, 1.82) is 0 Å². The van der Waals surface area contributed by atoms with Crippen LogP contribution in [0.5, 0.6) is 0 Å². The van der Waals surface area contributed by atoms with Crippen LogP contribution in [0.1, 0.15) is 0 Å². The zero-order valence-electron chi connectivity index (χ0n) is 30.9. The molecule has 0 radical (unpaired) electrons. The Balaban J connectivity index is -0.0000000696. The van der Waals surface area contributed by atoms with E-state index in [4.69, 9.17) is 76.2 Å². The molecule has 0 aliphatic rings. The fraction of sp³-hybridized carbons (Fsp3) is 0.294. The second kappa shape index (κ2) is 53.8. The van der Waals surface area contributed by atoms with Gasteiger partial charge < -0.3 is 76.2 Å². The summed E-state index contributed by atoms with van der Waals surface area (Å²) in [5, 5.41) is 115. The topological polar surface area (TPSA) is 429 Å². The molecule has 0 saturated carbocycles. The van der Waals surface area contributed by atoms with Gasteiger partial charge in [-0.3, -0.25) is 0 Å². The summed E-state index contributed by atoms with van der Waals surface area (Å²) in [6, 6.07) is 0. The number of aliphatic carboxylic acids is 8. The Labute approximate surface area is 327 Å². The summed E-state index contributed by atoms with van der Waals surface area (Å²) in [6.07, 6.45) is 6.67. The lowest BCUT2D eigenvalue weighted by atomic mass is 9.91. The summed E-state index contributed by atoms with van der Waals surface area (Å²) < 4.78 is 5.15. The number of hydrogen-bond acceptors (Lipinski definition) is 15. The number of carboxylic acids is 8. The highest BCUT2D eigenvalue weighted by Gasteiger charge is 2.32. The largest absolute Gasteiger partial charge is 0.478 e. The van der Waals surface area contributed by atoms with Gasteiger partial charge in [0.1, 0.15) is 0 Å². The average molecular weight is 831 g/mol. The van der Waals surface area contributed by atoms with Gasteiger partial charge in [0.25, 0.3) is 0 Å². The molecule has 23 heteroatoms. The normalized spacial score (nSPS) is 8.39. The van der Waals surface area contributed by atoms with Crippen molar-refractivity contribution in [1.82, 2.24) is 0 Å². The van der Waals surface area contributed by atoms with Crippen LogP contribution in [-0.4, -0.2) is 172 Å². The van der Waals surface area contributed by atoms with E-state index in [1.807, 2.05) is 0 Å². The Morgan fingerprint density at radius 1 is 0.316 bits per heavy atom. The molecule has 0 heterocycles. The molecule has 0 aliphatic heterocycles. The van der Waals surface area contributed by atoms with E-state index in [1.54, 1.807) is 0 Å². The van der Waals surface area contributed by atoms with E-state index in [9.17, 15) is 38.4 Å². The van der Waals surface area contributed by atoms with Crippen LogP contribution in [0.3, 0.4) is 0 Å². The maximum atomic E-state index is 9.25. The van der Waals surface area contributed by atoms with Crippen molar-refractivity contribution in [3.8, 4) is 0 Å². The number of hydrogen-bond donors (Lipinski definition) is 14. The molecule has 0 saturated heterocycles. The lowest BCUT2D eigenvalue weighted by molar-refractivity contribution is -0.132. The van der Waals surface area contributed by atoms with Crippen LogP contribution in [0.4, 0.5) is 0 Å². The fourth-order valence-electron chi connectivity index (χ4n) is 1.06. The summed E-state index contributed by atoms with van der Waals surface area (Å²) >= 11 is 0. The van der Waals surface area contributed by atoms with Gasteiger partial charge in [0, 0.05) is 48.6 Å². The third kappa shape index (κ3) is 88.6. The third-order valence-corrected chi connectivity index (χ3v) is 4.23. The molecule has 23 nitrogen and oxygen atoms in total. The summed E-state index contributed by atoms with van der Waals surface area (Å²) in [6.45, 7) is 20.7. The highest BCUT2D eigenvalue weighted by molar-refractivity contribution is 5.80. The van der Waals surface area contributed by atoms with E-state index >= 15 is 0 Å². The number of aliphatic hydroxyl groups excluding tert-OH is 6. The standard InChI is InChI=1S/C10H22O7.8C3H4O2/c11-1-9(2-12,3-13)7-17-8-10(4-14,5-15)6-16;8*1-2-3(4)5/h11-16H,1-8H2;8*2H,1H2,(H,4,5). The summed E-state index contributed by atoms with van der Waals surface area (Å²) in [5.74, 6) is -7.85.